The molecular formula is C14H19NO4S. The molecule has 0 aliphatic heterocycles. The van der Waals surface area contributed by atoms with Crippen LogP contribution in [-0.2, 0) is 19.6 Å². The molecule has 5 nitrogen and oxygen atoms in total. The van der Waals surface area contributed by atoms with E-state index in [0.29, 0.717) is 6.61 Å². The van der Waals surface area contributed by atoms with Gasteiger partial charge >= 0.3 is 5.97 Å². The molecule has 20 heavy (non-hydrogen) atoms. The Morgan fingerprint density at radius 3 is 2.30 bits per heavy atom. The van der Waals surface area contributed by atoms with E-state index >= 15 is 0 Å². The van der Waals surface area contributed by atoms with Crippen LogP contribution in [-0.4, -0.2) is 21.0 Å². The molecule has 2 atom stereocenters. The molecule has 0 heterocycles. The van der Waals surface area contributed by atoms with E-state index in [0.717, 1.165) is 5.56 Å². The number of hydrogen-bond acceptors (Lipinski definition) is 4. The number of carbonyl (C=O) groups is 1. The van der Waals surface area contributed by atoms with Crippen molar-refractivity contribution in [3.8, 4) is 0 Å². The van der Waals surface area contributed by atoms with Crippen LogP contribution in [0, 0.1) is 11.3 Å². The molecule has 1 fully saturated rings. The molecule has 6 heteroatoms. The minimum atomic E-state index is -3.68. The lowest BCUT2D eigenvalue weighted by atomic mass is 10.0. The lowest BCUT2D eigenvalue weighted by molar-refractivity contribution is -0.145. The minimum Gasteiger partial charge on any atom is -0.466 e. The van der Waals surface area contributed by atoms with E-state index in [1.807, 2.05) is 13.8 Å². The predicted octanol–water partition coefficient (Wildman–Crippen LogP) is 1.64. The summed E-state index contributed by atoms with van der Waals surface area (Å²) in [4.78, 5) is 12.0. The van der Waals surface area contributed by atoms with Gasteiger partial charge < -0.3 is 4.74 Å². The Labute approximate surface area is 119 Å². The first-order chi connectivity index (χ1) is 9.19. The number of benzene rings is 1. The molecule has 0 bridgehead atoms. The van der Waals surface area contributed by atoms with E-state index in [1.165, 1.54) is 12.1 Å². The number of rotatable bonds is 4. The molecule has 2 unspecified atom stereocenters. The molecule has 110 valence electrons. The summed E-state index contributed by atoms with van der Waals surface area (Å²) in [6.45, 7) is 6.16. The van der Waals surface area contributed by atoms with Crippen molar-refractivity contribution in [2.75, 3.05) is 6.61 Å². The topological polar surface area (TPSA) is 86.5 Å². The van der Waals surface area contributed by atoms with Gasteiger partial charge in [-0.15, -0.1) is 0 Å². The molecule has 1 saturated carbocycles. The molecule has 0 radical (unpaired) electrons. The van der Waals surface area contributed by atoms with Gasteiger partial charge in [-0.25, -0.2) is 13.6 Å². The van der Waals surface area contributed by atoms with E-state index in [4.69, 9.17) is 9.88 Å². The molecule has 1 aromatic rings. The second kappa shape index (κ2) is 4.86. The third kappa shape index (κ3) is 2.58. The summed E-state index contributed by atoms with van der Waals surface area (Å²) in [5.41, 5.74) is 0.760. The summed E-state index contributed by atoms with van der Waals surface area (Å²) in [5.74, 6) is -0.322. The van der Waals surface area contributed by atoms with Crippen LogP contribution in [0.5, 0.6) is 0 Å². The first kappa shape index (κ1) is 15.0. The van der Waals surface area contributed by atoms with Gasteiger partial charge in [-0.3, -0.25) is 4.79 Å². The van der Waals surface area contributed by atoms with Crippen LogP contribution < -0.4 is 5.14 Å². The van der Waals surface area contributed by atoms with Gasteiger partial charge in [0.2, 0.25) is 10.0 Å². The smallest absolute Gasteiger partial charge is 0.310 e. The number of sulfonamides is 1. The maximum Gasteiger partial charge on any atom is 0.310 e. The average Bonchev–Trinajstić information content (AvgIpc) is 2.92. The number of hydrogen-bond donors (Lipinski definition) is 1. The van der Waals surface area contributed by atoms with Crippen molar-refractivity contribution in [3.05, 3.63) is 29.8 Å². The molecule has 2 N–H and O–H groups in total. The van der Waals surface area contributed by atoms with E-state index < -0.39 is 10.0 Å². The molecular weight excluding hydrogens is 278 g/mol. The molecule has 0 amide bonds. The lowest BCUT2D eigenvalue weighted by Crippen LogP contribution is -2.12. The summed E-state index contributed by atoms with van der Waals surface area (Å²) < 4.78 is 27.5. The molecule has 0 spiro atoms. The van der Waals surface area contributed by atoms with Gasteiger partial charge in [0.25, 0.3) is 0 Å². The second-order valence-electron chi connectivity index (χ2n) is 5.64. The molecule has 1 aromatic carbocycles. The zero-order chi connectivity index (χ0) is 15.1. The van der Waals surface area contributed by atoms with E-state index in [1.54, 1.807) is 19.1 Å². The Bertz CT molecular complexity index is 619. The highest BCUT2D eigenvalue weighted by atomic mass is 32.2. The van der Waals surface area contributed by atoms with Crippen molar-refractivity contribution in [1.29, 1.82) is 0 Å². The van der Waals surface area contributed by atoms with Crippen molar-refractivity contribution >= 4 is 16.0 Å². The van der Waals surface area contributed by atoms with Gasteiger partial charge in [-0.05, 0) is 30.0 Å². The molecule has 2 rings (SSSR count). The summed E-state index contributed by atoms with van der Waals surface area (Å²) >= 11 is 0. The van der Waals surface area contributed by atoms with Crippen molar-refractivity contribution < 1.29 is 17.9 Å². The van der Waals surface area contributed by atoms with E-state index in [9.17, 15) is 13.2 Å². The molecule has 1 aliphatic carbocycles. The Balaban J connectivity index is 2.23. The third-order valence-electron chi connectivity index (χ3n) is 3.94. The van der Waals surface area contributed by atoms with Gasteiger partial charge in [-0.2, -0.15) is 0 Å². The van der Waals surface area contributed by atoms with Crippen LogP contribution in [0.4, 0.5) is 0 Å². The Morgan fingerprint density at radius 2 is 1.85 bits per heavy atom. The van der Waals surface area contributed by atoms with Gasteiger partial charge in [-0.1, -0.05) is 26.0 Å². The Hall–Kier alpha value is -1.40. The van der Waals surface area contributed by atoms with Gasteiger partial charge in [0.1, 0.15) is 0 Å². The third-order valence-corrected chi connectivity index (χ3v) is 4.86. The number of ether oxygens (including phenoxy) is 1. The monoisotopic (exact) mass is 297 g/mol. The fourth-order valence-electron chi connectivity index (χ4n) is 2.80. The summed E-state index contributed by atoms with van der Waals surface area (Å²) in [5, 5.41) is 5.07. The summed E-state index contributed by atoms with van der Waals surface area (Å²) in [7, 11) is -3.68. The van der Waals surface area contributed by atoms with Gasteiger partial charge in [0, 0.05) is 5.92 Å². The average molecular weight is 297 g/mol. The van der Waals surface area contributed by atoms with Crippen LogP contribution in [0.2, 0.25) is 0 Å². The van der Waals surface area contributed by atoms with Crippen LogP contribution in [0.1, 0.15) is 32.3 Å². The van der Waals surface area contributed by atoms with Crippen molar-refractivity contribution in [3.63, 3.8) is 0 Å². The highest BCUT2D eigenvalue weighted by Crippen LogP contribution is 2.64. The van der Waals surface area contributed by atoms with Crippen LogP contribution in [0.15, 0.2) is 29.2 Å². The predicted molar refractivity (Wildman–Crippen MR) is 74.5 cm³/mol. The lowest BCUT2D eigenvalue weighted by Gasteiger charge is -2.04. The minimum absolute atomic E-state index is 0.0519. The maximum atomic E-state index is 11.9. The van der Waals surface area contributed by atoms with E-state index in [-0.39, 0.29) is 28.1 Å². The number of nitrogens with two attached hydrogens (primary N) is 1. The van der Waals surface area contributed by atoms with Crippen molar-refractivity contribution in [2.24, 2.45) is 16.5 Å². The Kier molecular flexibility index (Phi) is 3.64. The number of esters is 1. The Morgan fingerprint density at radius 1 is 1.30 bits per heavy atom. The van der Waals surface area contributed by atoms with Gasteiger partial charge in [0.05, 0.1) is 17.4 Å². The first-order valence-electron chi connectivity index (χ1n) is 6.49. The van der Waals surface area contributed by atoms with Crippen LogP contribution in [0.3, 0.4) is 0 Å². The summed E-state index contributed by atoms with van der Waals surface area (Å²) in [6, 6.07) is 6.37. The fourth-order valence-corrected chi connectivity index (χ4v) is 3.31. The normalized spacial score (nSPS) is 24.2. The van der Waals surface area contributed by atoms with Crippen molar-refractivity contribution in [2.45, 2.75) is 31.6 Å². The summed E-state index contributed by atoms with van der Waals surface area (Å²) in [6.07, 6.45) is 0. The second-order valence-corrected chi connectivity index (χ2v) is 7.20. The zero-order valence-electron chi connectivity index (χ0n) is 11.8. The van der Waals surface area contributed by atoms with Gasteiger partial charge in [0.15, 0.2) is 0 Å². The maximum absolute atomic E-state index is 11.9. The molecule has 0 aromatic heterocycles. The molecule has 1 aliphatic rings. The van der Waals surface area contributed by atoms with E-state index in [2.05, 4.69) is 0 Å². The SMILES string of the molecule is CCOC(=O)C1C(c2ccc(S(N)(=O)=O)cc2)C1(C)C. The van der Waals surface area contributed by atoms with Crippen molar-refractivity contribution in [1.82, 2.24) is 0 Å². The van der Waals surface area contributed by atoms with Crippen LogP contribution in [0.25, 0.3) is 0 Å². The zero-order valence-corrected chi connectivity index (χ0v) is 12.6. The standard InChI is InChI=1S/C14H19NO4S/c1-4-19-13(16)12-11(14(12,2)3)9-5-7-10(8-6-9)20(15,17)18/h5-8,11-12H,4H2,1-3H3,(H2,15,17,18). The fraction of sp³-hybridized carbons (Fsp3) is 0.500. The first-order valence-corrected chi connectivity index (χ1v) is 8.03. The highest BCUT2D eigenvalue weighted by molar-refractivity contribution is 7.89. The number of primary sulfonamides is 1. The quantitative estimate of drug-likeness (QED) is 0.856. The number of carbonyl (C=O) groups excluding carboxylic acids is 1. The largest absolute Gasteiger partial charge is 0.466 e. The van der Waals surface area contributed by atoms with Crippen LogP contribution >= 0.6 is 0 Å². The highest BCUT2D eigenvalue weighted by Gasteiger charge is 2.63. The molecule has 0 saturated heterocycles.